The monoisotopic (exact) mass is 207 g/mol. The largest absolute Gasteiger partial charge is 0.392 e. The van der Waals surface area contributed by atoms with Crippen molar-refractivity contribution in [3.05, 3.63) is 45.5 Å². The first-order valence-corrected chi connectivity index (χ1v) is 4.19. The Balaban J connectivity index is 3.16. The number of nitro benzene ring substituents is 1. The molecule has 0 unspecified atom stereocenters. The molecule has 0 saturated carbocycles. The Morgan fingerprint density at radius 1 is 1.33 bits per heavy atom. The molecule has 0 spiro atoms. The molecule has 1 aromatic carbocycles. The zero-order chi connectivity index (χ0) is 11.3. The van der Waals surface area contributed by atoms with Gasteiger partial charge in [-0.15, -0.1) is 0 Å². The Bertz CT molecular complexity index is 412. The smallest absolute Gasteiger partial charge is 0.270 e. The standard InChI is InChI=1S/C10H9NO4/c12-3-1-2-8-4-9(7-13)6-10(5-8)11(14)15/h1-2,4-7,12H,3H2. The normalized spacial score (nSPS) is 10.5. The van der Waals surface area contributed by atoms with Crippen molar-refractivity contribution in [2.45, 2.75) is 0 Å². The Labute approximate surface area is 85.8 Å². The third-order valence-corrected chi connectivity index (χ3v) is 1.73. The Morgan fingerprint density at radius 3 is 2.53 bits per heavy atom. The van der Waals surface area contributed by atoms with Crippen LogP contribution in [0.5, 0.6) is 0 Å². The molecule has 0 radical (unpaired) electrons. The van der Waals surface area contributed by atoms with Gasteiger partial charge in [0.15, 0.2) is 0 Å². The van der Waals surface area contributed by atoms with Crippen LogP contribution in [0.25, 0.3) is 6.08 Å². The summed E-state index contributed by atoms with van der Waals surface area (Å²) in [4.78, 5) is 20.5. The third kappa shape index (κ3) is 2.99. The van der Waals surface area contributed by atoms with Gasteiger partial charge in [-0.3, -0.25) is 14.9 Å². The molecule has 78 valence electrons. The number of aliphatic hydroxyl groups is 1. The van der Waals surface area contributed by atoms with Crippen molar-refractivity contribution in [1.82, 2.24) is 0 Å². The number of hydrogen-bond donors (Lipinski definition) is 1. The Kier molecular flexibility index (Phi) is 3.70. The maximum absolute atomic E-state index is 10.5. The van der Waals surface area contributed by atoms with Gasteiger partial charge in [0, 0.05) is 17.7 Å². The third-order valence-electron chi connectivity index (χ3n) is 1.73. The van der Waals surface area contributed by atoms with Gasteiger partial charge in [0.25, 0.3) is 5.69 Å². The maximum Gasteiger partial charge on any atom is 0.270 e. The minimum Gasteiger partial charge on any atom is -0.392 e. The molecule has 1 aromatic rings. The Morgan fingerprint density at radius 2 is 2.00 bits per heavy atom. The molecule has 0 fully saturated rings. The topological polar surface area (TPSA) is 80.4 Å². The summed E-state index contributed by atoms with van der Waals surface area (Å²) in [7, 11) is 0. The second-order valence-electron chi connectivity index (χ2n) is 2.82. The molecule has 5 nitrogen and oxygen atoms in total. The van der Waals surface area contributed by atoms with E-state index in [0.717, 1.165) is 0 Å². The fourth-order valence-electron chi connectivity index (χ4n) is 1.12. The molecule has 0 bridgehead atoms. The lowest BCUT2D eigenvalue weighted by molar-refractivity contribution is -0.384. The first kappa shape index (κ1) is 11.1. The number of carbonyl (C=O) groups is 1. The average Bonchev–Trinajstić information content (AvgIpc) is 2.25. The summed E-state index contributed by atoms with van der Waals surface area (Å²) in [6.45, 7) is -0.154. The van der Waals surface area contributed by atoms with Crippen LogP contribution in [0.15, 0.2) is 24.3 Å². The number of benzene rings is 1. The summed E-state index contributed by atoms with van der Waals surface area (Å²) < 4.78 is 0. The van der Waals surface area contributed by atoms with E-state index < -0.39 is 4.92 Å². The highest BCUT2D eigenvalue weighted by molar-refractivity contribution is 5.78. The highest BCUT2D eigenvalue weighted by Crippen LogP contribution is 2.17. The van der Waals surface area contributed by atoms with Gasteiger partial charge in [-0.1, -0.05) is 12.2 Å². The van der Waals surface area contributed by atoms with Gasteiger partial charge in [0.05, 0.1) is 11.5 Å². The molecule has 0 heterocycles. The highest BCUT2D eigenvalue weighted by atomic mass is 16.6. The second-order valence-corrected chi connectivity index (χ2v) is 2.82. The van der Waals surface area contributed by atoms with Crippen LogP contribution in [0.1, 0.15) is 15.9 Å². The molecule has 0 saturated heterocycles. The number of hydrogen-bond acceptors (Lipinski definition) is 4. The van der Waals surface area contributed by atoms with Crippen LogP contribution >= 0.6 is 0 Å². The van der Waals surface area contributed by atoms with Crippen molar-refractivity contribution in [3.63, 3.8) is 0 Å². The number of carbonyl (C=O) groups excluding carboxylic acids is 1. The zero-order valence-electron chi connectivity index (χ0n) is 7.79. The predicted octanol–water partition coefficient (Wildman–Crippen LogP) is 1.41. The summed E-state index contributed by atoms with van der Waals surface area (Å²) in [5.74, 6) is 0. The minimum absolute atomic E-state index is 0.141. The number of aldehydes is 1. The molecule has 0 aromatic heterocycles. The van der Waals surface area contributed by atoms with Gasteiger partial charge in [-0.25, -0.2) is 0 Å². The van der Waals surface area contributed by atoms with Crippen molar-refractivity contribution in [2.24, 2.45) is 0 Å². The number of rotatable bonds is 4. The quantitative estimate of drug-likeness (QED) is 0.460. The minimum atomic E-state index is -0.566. The highest BCUT2D eigenvalue weighted by Gasteiger charge is 2.07. The Hall–Kier alpha value is -2.01. The van der Waals surface area contributed by atoms with Crippen LogP contribution in [0.4, 0.5) is 5.69 Å². The lowest BCUT2D eigenvalue weighted by atomic mass is 10.1. The molecule has 0 aliphatic rings. The molecule has 5 heteroatoms. The van der Waals surface area contributed by atoms with E-state index >= 15 is 0 Å². The van der Waals surface area contributed by atoms with Crippen LogP contribution in [0.2, 0.25) is 0 Å². The number of nitro groups is 1. The molecule has 1 N–H and O–H groups in total. The molecule has 0 amide bonds. The van der Waals surface area contributed by atoms with Crippen LogP contribution in [-0.2, 0) is 0 Å². The van der Waals surface area contributed by atoms with E-state index in [0.29, 0.717) is 11.8 Å². The number of aliphatic hydroxyl groups excluding tert-OH is 1. The van der Waals surface area contributed by atoms with Crippen molar-refractivity contribution in [1.29, 1.82) is 0 Å². The summed E-state index contributed by atoms with van der Waals surface area (Å²) in [5, 5.41) is 19.1. The second kappa shape index (κ2) is 5.02. The molecule has 0 atom stereocenters. The van der Waals surface area contributed by atoms with Gasteiger partial charge in [0.1, 0.15) is 6.29 Å². The summed E-state index contributed by atoms with van der Waals surface area (Å²) in [6.07, 6.45) is 3.50. The fraction of sp³-hybridized carbons (Fsp3) is 0.100. The zero-order valence-corrected chi connectivity index (χ0v) is 7.79. The summed E-state index contributed by atoms with van der Waals surface area (Å²) in [5.41, 5.74) is 0.610. The van der Waals surface area contributed by atoms with E-state index in [1.807, 2.05) is 0 Å². The van der Waals surface area contributed by atoms with Crippen molar-refractivity contribution in [2.75, 3.05) is 6.61 Å². The van der Waals surface area contributed by atoms with Gasteiger partial charge in [0.2, 0.25) is 0 Å². The van der Waals surface area contributed by atoms with E-state index in [-0.39, 0.29) is 17.9 Å². The molecule has 1 rings (SSSR count). The van der Waals surface area contributed by atoms with E-state index in [1.54, 1.807) is 0 Å². The van der Waals surface area contributed by atoms with E-state index in [4.69, 9.17) is 5.11 Å². The van der Waals surface area contributed by atoms with Crippen LogP contribution in [0.3, 0.4) is 0 Å². The predicted molar refractivity (Wildman–Crippen MR) is 54.6 cm³/mol. The van der Waals surface area contributed by atoms with Gasteiger partial charge >= 0.3 is 0 Å². The summed E-state index contributed by atoms with van der Waals surface area (Å²) in [6, 6.07) is 4.04. The van der Waals surface area contributed by atoms with Crippen LogP contribution < -0.4 is 0 Å². The van der Waals surface area contributed by atoms with Gasteiger partial charge in [-0.2, -0.15) is 0 Å². The van der Waals surface area contributed by atoms with Gasteiger partial charge in [-0.05, 0) is 11.6 Å². The maximum atomic E-state index is 10.5. The van der Waals surface area contributed by atoms with Crippen molar-refractivity contribution in [3.8, 4) is 0 Å². The molecular formula is C10H9NO4. The fourth-order valence-corrected chi connectivity index (χ4v) is 1.12. The lowest BCUT2D eigenvalue weighted by Crippen LogP contribution is -1.91. The van der Waals surface area contributed by atoms with Gasteiger partial charge < -0.3 is 5.11 Å². The van der Waals surface area contributed by atoms with E-state index in [2.05, 4.69) is 0 Å². The van der Waals surface area contributed by atoms with Crippen molar-refractivity contribution < 1.29 is 14.8 Å². The van der Waals surface area contributed by atoms with Crippen molar-refractivity contribution >= 4 is 18.0 Å². The van der Waals surface area contributed by atoms with E-state index in [9.17, 15) is 14.9 Å². The van der Waals surface area contributed by atoms with Crippen LogP contribution in [0, 0.1) is 10.1 Å². The average molecular weight is 207 g/mol. The first-order chi connectivity index (χ1) is 7.17. The SMILES string of the molecule is O=Cc1cc(C=CCO)cc([N+](=O)[O-])c1. The summed E-state index contributed by atoms with van der Waals surface area (Å²) >= 11 is 0. The number of nitrogens with zero attached hydrogens (tertiary/aromatic N) is 1. The molecular weight excluding hydrogens is 198 g/mol. The number of non-ortho nitro benzene ring substituents is 1. The molecule has 15 heavy (non-hydrogen) atoms. The van der Waals surface area contributed by atoms with Crippen LogP contribution in [-0.4, -0.2) is 22.9 Å². The molecule has 0 aliphatic heterocycles. The van der Waals surface area contributed by atoms with E-state index in [1.165, 1.54) is 30.4 Å². The molecule has 0 aliphatic carbocycles. The first-order valence-electron chi connectivity index (χ1n) is 4.19. The lowest BCUT2D eigenvalue weighted by Gasteiger charge is -1.96.